The van der Waals surface area contributed by atoms with Crippen LogP contribution in [0.5, 0.6) is 0 Å². The van der Waals surface area contributed by atoms with Gasteiger partial charge < -0.3 is 4.74 Å². The van der Waals surface area contributed by atoms with E-state index in [-0.39, 0.29) is 0 Å². The predicted molar refractivity (Wildman–Crippen MR) is 53.5 cm³/mol. The molecule has 0 aliphatic carbocycles. The van der Waals surface area contributed by atoms with Crippen LogP contribution in [0.4, 0.5) is 0 Å². The van der Waals surface area contributed by atoms with Gasteiger partial charge in [-0.3, -0.25) is 4.98 Å². The molecule has 0 fully saturated rings. The van der Waals surface area contributed by atoms with E-state index >= 15 is 0 Å². The van der Waals surface area contributed by atoms with Crippen molar-refractivity contribution in [1.29, 1.82) is 0 Å². The van der Waals surface area contributed by atoms with E-state index in [4.69, 9.17) is 4.74 Å². The molecule has 0 saturated heterocycles. The van der Waals surface area contributed by atoms with Crippen LogP contribution in [0.2, 0.25) is 0 Å². The van der Waals surface area contributed by atoms with Crippen molar-refractivity contribution in [3.63, 3.8) is 0 Å². The highest BCUT2D eigenvalue weighted by Gasteiger charge is 1.96. The van der Waals surface area contributed by atoms with Crippen LogP contribution in [0.1, 0.15) is 25.2 Å². The summed E-state index contributed by atoms with van der Waals surface area (Å²) in [6, 6.07) is 6.00. The minimum absolute atomic E-state index is 0.588. The van der Waals surface area contributed by atoms with Gasteiger partial charge in [-0.2, -0.15) is 0 Å². The van der Waals surface area contributed by atoms with Crippen LogP contribution < -0.4 is 0 Å². The lowest BCUT2D eigenvalue weighted by Crippen LogP contribution is -2.03. The molecule has 0 radical (unpaired) electrons. The van der Waals surface area contributed by atoms with Gasteiger partial charge in [0.05, 0.1) is 12.3 Å². The van der Waals surface area contributed by atoms with E-state index in [9.17, 15) is 0 Å². The van der Waals surface area contributed by atoms with Gasteiger partial charge in [0.25, 0.3) is 0 Å². The third-order valence-corrected chi connectivity index (χ3v) is 1.65. The Balaban J connectivity index is 2.37. The van der Waals surface area contributed by atoms with Crippen molar-refractivity contribution in [1.82, 2.24) is 4.98 Å². The monoisotopic (exact) mass is 179 g/mol. The van der Waals surface area contributed by atoms with E-state index < -0.39 is 0 Å². The predicted octanol–water partition coefficient (Wildman–Crippen LogP) is 2.56. The number of aryl methyl sites for hydroxylation is 1. The summed E-state index contributed by atoms with van der Waals surface area (Å²) >= 11 is 0. The molecule has 72 valence electrons. The molecule has 13 heavy (non-hydrogen) atoms. The van der Waals surface area contributed by atoms with Gasteiger partial charge in [-0.25, -0.2) is 0 Å². The van der Waals surface area contributed by atoms with Gasteiger partial charge in [0.2, 0.25) is 0 Å². The Hall–Kier alpha value is -0.890. The number of pyridine rings is 1. The van der Waals surface area contributed by atoms with Crippen molar-refractivity contribution in [2.45, 2.75) is 27.4 Å². The van der Waals surface area contributed by atoms with E-state index in [0.717, 1.165) is 18.0 Å². The summed E-state index contributed by atoms with van der Waals surface area (Å²) in [5.74, 6) is 0.588. The highest BCUT2D eigenvalue weighted by atomic mass is 16.5. The second-order valence-corrected chi connectivity index (χ2v) is 3.68. The molecule has 2 nitrogen and oxygen atoms in total. The molecule has 0 bridgehead atoms. The Morgan fingerprint density at radius 2 is 2.15 bits per heavy atom. The number of hydrogen-bond donors (Lipinski definition) is 0. The molecule has 0 aliphatic heterocycles. The Bertz CT molecular complexity index is 258. The number of aromatic nitrogens is 1. The van der Waals surface area contributed by atoms with E-state index in [2.05, 4.69) is 18.8 Å². The third kappa shape index (κ3) is 4.04. The minimum Gasteiger partial charge on any atom is -0.375 e. The largest absolute Gasteiger partial charge is 0.375 e. The molecular weight excluding hydrogens is 162 g/mol. The molecule has 1 aromatic heterocycles. The third-order valence-electron chi connectivity index (χ3n) is 1.65. The molecular formula is C11H17NO. The highest BCUT2D eigenvalue weighted by molar-refractivity contribution is 5.08. The van der Waals surface area contributed by atoms with Gasteiger partial charge in [0, 0.05) is 12.3 Å². The lowest BCUT2D eigenvalue weighted by Gasteiger charge is -2.06. The first kappa shape index (κ1) is 10.2. The molecule has 0 unspecified atom stereocenters. The van der Waals surface area contributed by atoms with Crippen LogP contribution in [0, 0.1) is 12.8 Å². The van der Waals surface area contributed by atoms with Crippen LogP contribution in [0.25, 0.3) is 0 Å². The Labute approximate surface area is 80.0 Å². The molecule has 0 N–H and O–H groups in total. The zero-order valence-electron chi connectivity index (χ0n) is 8.58. The summed E-state index contributed by atoms with van der Waals surface area (Å²) in [4.78, 5) is 4.35. The summed E-state index contributed by atoms with van der Waals surface area (Å²) in [5.41, 5.74) is 2.06. The van der Waals surface area contributed by atoms with E-state index in [0.29, 0.717) is 12.5 Å². The van der Waals surface area contributed by atoms with Crippen LogP contribution in [-0.4, -0.2) is 11.6 Å². The number of hydrogen-bond acceptors (Lipinski definition) is 2. The molecule has 1 aromatic rings. The molecule has 0 aliphatic rings. The normalized spacial score (nSPS) is 10.8. The van der Waals surface area contributed by atoms with E-state index in [1.165, 1.54) is 0 Å². The second kappa shape index (κ2) is 4.97. The number of rotatable bonds is 4. The van der Waals surface area contributed by atoms with Gasteiger partial charge in [-0.05, 0) is 25.0 Å². The quantitative estimate of drug-likeness (QED) is 0.708. The smallest absolute Gasteiger partial charge is 0.0888 e. The van der Waals surface area contributed by atoms with Gasteiger partial charge in [-0.15, -0.1) is 0 Å². The van der Waals surface area contributed by atoms with Crippen molar-refractivity contribution >= 4 is 0 Å². The molecule has 0 spiro atoms. The molecule has 0 aromatic carbocycles. The van der Waals surface area contributed by atoms with Crippen LogP contribution in [0.15, 0.2) is 18.2 Å². The Morgan fingerprint density at radius 3 is 2.77 bits per heavy atom. The second-order valence-electron chi connectivity index (χ2n) is 3.68. The summed E-state index contributed by atoms with van der Waals surface area (Å²) in [5, 5.41) is 0. The fourth-order valence-corrected chi connectivity index (χ4v) is 1.08. The topological polar surface area (TPSA) is 22.1 Å². The highest BCUT2D eigenvalue weighted by Crippen LogP contribution is 2.01. The van der Waals surface area contributed by atoms with Gasteiger partial charge in [-0.1, -0.05) is 19.9 Å². The first-order chi connectivity index (χ1) is 6.18. The first-order valence-corrected chi connectivity index (χ1v) is 4.69. The number of nitrogens with zero attached hydrogens (tertiary/aromatic N) is 1. The lowest BCUT2D eigenvalue weighted by molar-refractivity contribution is 0.0947. The van der Waals surface area contributed by atoms with E-state index in [1.54, 1.807) is 0 Å². The molecule has 0 saturated carbocycles. The van der Waals surface area contributed by atoms with Gasteiger partial charge in [0.15, 0.2) is 0 Å². The maximum atomic E-state index is 5.47. The average molecular weight is 179 g/mol. The molecule has 1 heterocycles. The standard InChI is InChI=1S/C11H17NO/c1-9(2)7-13-8-11-6-4-5-10(3)12-11/h4-6,9H,7-8H2,1-3H3. The molecule has 2 heteroatoms. The zero-order valence-corrected chi connectivity index (χ0v) is 8.58. The minimum atomic E-state index is 0.588. The summed E-state index contributed by atoms with van der Waals surface area (Å²) in [6.45, 7) is 7.70. The molecule has 1 rings (SSSR count). The molecule has 0 atom stereocenters. The Morgan fingerprint density at radius 1 is 1.38 bits per heavy atom. The average Bonchev–Trinajstić information content (AvgIpc) is 2.03. The van der Waals surface area contributed by atoms with Crippen LogP contribution in [-0.2, 0) is 11.3 Å². The summed E-state index contributed by atoms with van der Waals surface area (Å²) in [7, 11) is 0. The van der Waals surface area contributed by atoms with Gasteiger partial charge >= 0.3 is 0 Å². The van der Waals surface area contributed by atoms with Crippen molar-refractivity contribution < 1.29 is 4.74 Å². The van der Waals surface area contributed by atoms with E-state index in [1.807, 2.05) is 25.1 Å². The first-order valence-electron chi connectivity index (χ1n) is 4.69. The van der Waals surface area contributed by atoms with Crippen molar-refractivity contribution in [2.24, 2.45) is 5.92 Å². The van der Waals surface area contributed by atoms with Crippen LogP contribution in [0.3, 0.4) is 0 Å². The fraction of sp³-hybridized carbons (Fsp3) is 0.545. The summed E-state index contributed by atoms with van der Waals surface area (Å²) in [6.07, 6.45) is 0. The van der Waals surface area contributed by atoms with Gasteiger partial charge in [0.1, 0.15) is 0 Å². The van der Waals surface area contributed by atoms with Crippen molar-refractivity contribution in [3.05, 3.63) is 29.6 Å². The fourth-order valence-electron chi connectivity index (χ4n) is 1.08. The molecule has 0 amide bonds. The van der Waals surface area contributed by atoms with Crippen molar-refractivity contribution in [2.75, 3.05) is 6.61 Å². The number of ether oxygens (including phenoxy) is 1. The summed E-state index contributed by atoms with van der Waals surface area (Å²) < 4.78 is 5.47. The maximum Gasteiger partial charge on any atom is 0.0888 e. The van der Waals surface area contributed by atoms with Crippen LogP contribution >= 0.6 is 0 Å². The van der Waals surface area contributed by atoms with Crippen molar-refractivity contribution in [3.8, 4) is 0 Å². The zero-order chi connectivity index (χ0) is 9.68. The lowest BCUT2D eigenvalue weighted by atomic mass is 10.2. The maximum absolute atomic E-state index is 5.47. The SMILES string of the molecule is Cc1cccc(COCC(C)C)n1. The Kier molecular flexibility index (Phi) is 3.90.